The summed E-state index contributed by atoms with van der Waals surface area (Å²) in [5, 5.41) is 3.79. The molecule has 1 heterocycles. The lowest BCUT2D eigenvalue weighted by molar-refractivity contribution is 0.195. The molecule has 2 unspecified atom stereocenters. The number of nitrogens with zero attached hydrogens (tertiary/aromatic N) is 1. The van der Waals surface area contributed by atoms with Gasteiger partial charge in [0.15, 0.2) is 0 Å². The minimum atomic E-state index is 0.783. The molecule has 2 nitrogen and oxygen atoms in total. The van der Waals surface area contributed by atoms with Crippen molar-refractivity contribution in [1.82, 2.24) is 10.2 Å². The van der Waals surface area contributed by atoms with Gasteiger partial charge >= 0.3 is 0 Å². The maximum atomic E-state index is 3.79. The van der Waals surface area contributed by atoms with Gasteiger partial charge in [-0.15, -0.1) is 0 Å². The zero-order chi connectivity index (χ0) is 14.9. The minimum absolute atomic E-state index is 0.783. The van der Waals surface area contributed by atoms with Crippen molar-refractivity contribution in [2.45, 2.75) is 96.6 Å². The lowest BCUT2D eigenvalue weighted by atomic mass is 10.1. The molecule has 1 aliphatic heterocycles. The van der Waals surface area contributed by atoms with Crippen LogP contribution in [0.5, 0.6) is 0 Å². The van der Waals surface area contributed by atoms with Crippen LogP contribution in [0.4, 0.5) is 0 Å². The highest BCUT2D eigenvalue weighted by Crippen LogP contribution is 2.34. The van der Waals surface area contributed by atoms with Gasteiger partial charge in [-0.05, 0) is 51.6 Å². The maximum Gasteiger partial charge on any atom is 0.0223 e. The third-order valence-electron chi connectivity index (χ3n) is 5.51. The summed E-state index contributed by atoms with van der Waals surface area (Å²) in [5.41, 5.74) is 0. The molecule has 2 fully saturated rings. The second-order valence-corrected chi connectivity index (χ2v) is 7.51. The summed E-state index contributed by atoms with van der Waals surface area (Å²) in [4.78, 5) is 2.78. The van der Waals surface area contributed by atoms with E-state index in [2.05, 4.69) is 24.1 Å². The Balaban J connectivity index is 1.55. The van der Waals surface area contributed by atoms with Crippen LogP contribution in [0.25, 0.3) is 0 Å². The molecule has 0 bridgehead atoms. The summed E-state index contributed by atoms with van der Waals surface area (Å²) in [6, 6.07) is 1.58. The Bertz CT molecular complexity index is 262. The fourth-order valence-corrected chi connectivity index (χ4v) is 3.73. The molecule has 0 aromatic heterocycles. The van der Waals surface area contributed by atoms with Crippen LogP contribution in [0.3, 0.4) is 0 Å². The summed E-state index contributed by atoms with van der Waals surface area (Å²) in [6.07, 6.45) is 15.7. The first-order valence-electron chi connectivity index (χ1n) is 9.78. The highest BCUT2D eigenvalue weighted by Gasteiger charge is 2.34. The van der Waals surface area contributed by atoms with E-state index < -0.39 is 0 Å². The molecule has 0 radical (unpaired) electrons. The van der Waals surface area contributed by atoms with Gasteiger partial charge in [0, 0.05) is 18.6 Å². The predicted molar refractivity (Wildman–Crippen MR) is 92.8 cm³/mol. The highest BCUT2D eigenvalue weighted by molar-refractivity contribution is 4.91. The average Bonchev–Trinajstić information content (AvgIpc) is 3.31. The zero-order valence-electron chi connectivity index (χ0n) is 14.6. The number of unbranched alkanes of at least 4 members (excludes halogenated alkanes) is 7. The fourth-order valence-electron chi connectivity index (χ4n) is 3.73. The van der Waals surface area contributed by atoms with Crippen molar-refractivity contribution in [3.63, 3.8) is 0 Å². The summed E-state index contributed by atoms with van der Waals surface area (Å²) in [7, 11) is 0. The van der Waals surface area contributed by atoms with Gasteiger partial charge in [0.25, 0.3) is 0 Å². The Labute approximate surface area is 133 Å². The summed E-state index contributed by atoms with van der Waals surface area (Å²) < 4.78 is 0. The van der Waals surface area contributed by atoms with Crippen LogP contribution in [-0.2, 0) is 0 Å². The molecular weight excluding hydrogens is 256 g/mol. The topological polar surface area (TPSA) is 15.3 Å². The van der Waals surface area contributed by atoms with Crippen LogP contribution in [-0.4, -0.2) is 36.6 Å². The smallest absolute Gasteiger partial charge is 0.0223 e. The Morgan fingerprint density at radius 1 is 0.905 bits per heavy atom. The Hall–Kier alpha value is -0.0800. The van der Waals surface area contributed by atoms with Crippen LogP contribution in [0.1, 0.15) is 84.5 Å². The Kier molecular flexibility index (Phi) is 8.10. The molecule has 0 amide bonds. The Morgan fingerprint density at radius 3 is 2.24 bits per heavy atom. The van der Waals surface area contributed by atoms with Crippen LogP contribution in [0.15, 0.2) is 0 Å². The van der Waals surface area contributed by atoms with E-state index in [1.165, 1.54) is 90.3 Å². The minimum Gasteiger partial charge on any atom is -0.312 e. The van der Waals surface area contributed by atoms with E-state index in [1.807, 2.05) is 0 Å². The standard InChI is InChI=1S/C19H38N2/c1-3-4-5-6-7-8-9-10-15-21-16-19(18-11-12-18)20-14-13-17(21)2/h17-20H,3-16H2,1-2H3. The molecule has 124 valence electrons. The van der Waals surface area contributed by atoms with Gasteiger partial charge < -0.3 is 5.32 Å². The van der Waals surface area contributed by atoms with Gasteiger partial charge in [0.05, 0.1) is 0 Å². The first-order chi connectivity index (χ1) is 10.3. The second-order valence-electron chi connectivity index (χ2n) is 7.51. The van der Waals surface area contributed by atoms with Gasteiger partial charge in [-0.25, -0.2) is 0 Å². The molecule has 2 rings (SSSR count). The van der Waals surface area contributed by atoms with Crippen molar-refractivity contribution in [3.05, 3.63) is 0 Å². The molecule has 0 aromatic carbocycles. The van der Waals surface area contributed by atoms with Gasteiger partial charge in [-0.3, -0.25) is 4.90 Å². The lowest BCUT2D eigenvalue weighted by Crippen LogP contribution is -2.41. The largest absolute Gasteiger partial charge is 0.312 e. The fraction of sp³-hybridized carbons (Fsp3) is 1.00. The quantitative estimate of drug-likeness (QED) is 0.593. The van der Waals surface area contributed by atoms with Crippen LogP contribution < -0.4 is 5.32 Å². The first kappa shape index (κ1) is 17.3. The maximum absolute atomic E-state index is 3.79. The van der Waals surface area contributed by atoms with E-state index in [0.717, 1.165) is 18.0 Å². The molecule has 1 saturated heterocycles. The van der Waals surface area contributed by atoms with Crippen molar-refractivity contribution in [3.8, 4) is 0 Å². The first-order valence-corrected chi connectivity index (χ1v) is 9.78. The Morgan fingerprint density at radius 2 is 1.57 bits per heavy atom. The van der Waals surface area contributed by atoms with Crippen molar-refractivity contribution >= 4 is 0 Å². The normalized spacial score (nSPS) is 27.7. The third-order valence-corrected chi connectivity index (χ3v) is 5.51. The molecule has 2 heteroatoms. The summed E-state index contributed by atoms with van der Waals surface area (Å²) in [6.45, 7) is 8.60. The molecule has 1 saturated carbocycles. The van der Waals surface area contributed by atoms with Crippen molar-refractivity contribution < 1.29 is 0 Å². The van der Waals surface area contributed by atoms with Gasteiger partial charge in [-0.2, -0.15) is 0 Å². The molecule has 21 heavy (non-hydrogen) atoms. The van der Waals surface area contributed by atoms with E-state index in [1.54, 1.807) is 0 Å². The summed E-state index contributed by atoms with van der Waals surface area (Å²) in [5.74, 6) is 0.997. The highest BCUT2D eigenvalue weighted by atomic mass is 15.2. The van der Waals surface area contributed by atoms with Gasteiger partial charge in [0.1, 0.15) is 0 Å². The number of nitrogens with one attached hydrogen (secondary N) is 1. The zero-order valence-corrected chi connectivity index (χ0v) is 14.6. The van der Waals surface area contributed by atoms with Crippen molar-refractivity contribution in [2.75, 3.05) is 19.6 Å². The number of rotatable bonds is 10. The van der Waals surface area contributed by atoms with Crippen LogP contribution in [0.2, 0.25) is 0 Å². The monoisotopic (exact) mass is 294 g/mol. The number of hydrogen-bond acceptors (Lipinski definition) is 2. The van der Waals surface area contributed by atoms with E-state index in [4.69, 9.17) is 0 Å². The molecule has 2 atom stereocenters. The number of hydrogen-bond donors (Lipinski definition) is 1. The van der Waals surface area contributed by atoms with E-state index >= 15 is 0 Å². The summed E-state index contributed by atoms with van der Waals surface area (Å²) >= 11 is 0. The molecule has 0 aromatic rings. The van der Waals surface area contributed by atoms with Crippen LogP contribution >= 0.6 is 0 Å². The molecule has 1 N–H and O–H groups in total. The molecule has 1 aliphatic carbocycles. The van der Waals surface area contributed by atoms with E-state index in [9.17, 15) is 0 Å². The van der Waals surface area contributed by atoms with Crippen molar-refractivity contribution in [2.24, 2.45) is 5.92 Å². The average molecular weight is 295 g/mol. The van der Waals surface area contributed by atoms with Gasteiger partial charge in [-0.1, -0.05) is 51.9 Å². The predicted octanol–water partition coefficient (Wildman–Crippen LogP) is 4.59. The third kappa shape index (κ3) is 6.69. The molecule has 2 aliphatic rings. The molecule has 0 spiro atoms. The van der Waals surface area contributed by atoms with Crippen LogP contribution in [0, 0.1) is 5.92 Å². The second kappa shape index (κ2) is 9.84. The van der Waals surface area contributed by atoms with E-state index in [-0.39, 0.29) is 0 Å². The SMILES string of the molecule is CCCCCCCCCCN1CC(C2CC2)NCCC1C. The molecular formula is C19H38N2. The van der Waals surface area contributed by atoms with Crippen molar-refractivity contribution in [1.29, 1.82) is 0 Å². The lowest BCUT2D eigenvalue weighted by Gasteiger charge is -2.29. The van der Waals surface area contributed by atoms with Gasteiger partial charge in [0.2, 0.25) is 0 Å². The van der Waals surface area contributed by atoms with E-state index in [0.29, 0.717) is 0 Å².